The van der Waals surface area contributed by atoms with E-state index >= 15 is 0 Å². The number of ether oxygens (including phenoxy) is 2. The van der Waals surface area contributed by atoms with E-state index in [1.165, 1.54) is 0 Å². The monoisotopic (exact) mass is 292 g/mol. The molecule has 0 unspecified atom stereocenters. The number of carbonyl (C=O) groups is 1. The molecule has 21 heavy (non-hydrogen) atoms. The fraction of sp³-hybridized carbons (Fsp3) is 0.562. The minimum absolute atomic E-state index is 0.0136. The molecule has 1 aromatic carbocycles. The number of rotatable bonds is 5. The van der Waals surface area contributed by atoms with Gasteiger partial charge in [-0.05, 0) is 37.6 Å². The van der Waals surface area contributed by atoms with Gasteiger partial charge in [0.15, 0.2) is 0 Å². The Balaban J connectivity index is 1.99. The van der Waals surface area contributed by atoms with Gasteiger partial charge in [-0.25, -0.2) is 0 Å². The quantitative estimate of drug-likeness (QED) is 0.897. The molecule has 5 nitrogen and oxygen atoms in total. The van der Waals surface area contributed by atoms with Crippen molar-refractivity contribution in [2.45, 2.75) is 25.5 Å². The van der Waals surface area contributed by atoms with E-state index in [0.29, 0.717) is 25.4 Å². The van der Waals surface area contributed by atoms with Crippen LogP contribution in [0.4, 0.5) is 5.69 Å². The summed E-state index contributed by atoms with van der Waals surface area (Å²) in [5, 5.41) is 3.06. The minimum atomic E-state index is -0.0613. The highest BCUT2D eigenvalue weighted by Crippen LogP contribution is 2.15. The van der Waals surface area contributed by atoms with Crippen molar-refractivity contribution in [1.82, 2.24) is 5.32 Å². The maximum absolute atomic E-state index is 12.3. The molecular formula is C16H24N2O3. The van der Waals surface area contributed by atoms with Crippen LogP contribution in [0.5, 0.6) is 0 Å². The van der Waals surface area contributed by atoms with Crippen molar-refractivity contribution >= 4 is 11.6 Å². The van der Waals surface area contributed by atoms with Gasteiger partial charge in [0.2, 0.25) is 0 Å². The third-order valence-corrected chi connectivity index (χ3v) is 3.65. The van der Waals surface area contributed by atoms with Crippen molar-refractivity contribution in [2.75, 3.05) is 38.8 Å². The van der Waals surface area contributed by atoms with Crippen LogP contribution >= 0.6 is 0 Å². The molecule has 1 aromatic rings. The van der Waals surface area contributed by atoms with Crippen molar-refractivity contribution in [3.05, 3.63) is 29.8 Å². The summed E-state index contributed by atoms with van der Waals surface area (Å²) in [7, 11) is 3.95. The van der Waals surface area contributed by atoms with Crippen LogP contribution in [0.1, 0.15) is 23.7 Å². The van der Waals surface area contributed by atoms with Gasteiger partial charge >= 0.3 is 0 Å². The van der Waals surface area contributed by atoms with Crippen LogP contribution in [0.25, 0.3) is 0 Å². The Morgan fingerprint density at radius 3 is 2.71 bits per heavy atom. The summed E-state index contributed by atoms with van der Waals surface area (Å²) >= 11 is 0. The summed E-state index contributed by atoms with van der Waals surface area (Å²) in [6, 6.07) is 7.59. The van der Waals surface area contributed by atoms with Crippen LogP contribution in [0, 0.1) is 0 Å². The number of carbonyl (C=O) groups excluding carboxylic acids is 1. The number of hydrogen-bond acceptors (Lipinski definition) is 4. The van der Waals surface area contributed by atoms with Gasteiger partial charge in [0.05, 0.1) is 12.6 Å². The Kier molecular flexibility index (Phi) is 5.59. The Labute approximate surface area is 126 Å². The molecule has 0 aromatic heterocycles. The highest BCUT2D eigenvalue weighted by atomic mass is 16.5. The van der Waals surface area contributed by atoms with Crippen molar-refractivity contribution < 1.29 is 14.3 Å². The summed E-state index contributed by atoms with van der Waals surface area (Å²) in [5.74, 6) is -0.0584. The van der Waals surface area contributed by atoms with Crippen LogP contribution in [-0.2, 0) is 9.47 Å². The second kappa shape index (κ2) is 7.43. The first-order valence-electron chi connectivity index (χ1n) is 7.39. The Hall–Kier alpha value is -1.59. The Morgan fingerprint density at radius 1 is 1.38 bits per heavy atom. The smallest absolute Gasteiger partial charge is 0.251 e. The second-order valence-electron chi connectivity index (χ2n) is 5.38. The molecular weight excluding hydrogens is 268 g/mol. The molecule has 1 amide bonds. The lowest BCUT2D eigenvalue weighted by atomic mass is 10.1. The molecule has 0 spiro atoms. The first kappa shape index (κ1) is 15.8. The molecule has 1 heterocycles. The summed E-state index contributed by atoms with van der Waals surface area (Å²) in [6.07, 6.45) is 0.723. The summed E-state index contributed by atoms with van der Waals surface area (Å²) in [4.78, 5) is 14.3. The van der Waals surface area contributed by atoms with E-state index in [1.807, 2.05) is 50.2 Å². The first-order chi connectivity index (χ1) is 10.1. The normalized spacial score (nSPS) is 21.9. The summed E-state index contributed by atoms with van der Waals surface area (Å²) in [6.45, 7) is 3.78. The lowest BCUT2D eigenvalue weighted by Crippen LogP contribution is -2.50. The maximum Gasteiger partial charge on any atom is 0.251 e. The van der Waals surface area contributed by atoms with Crippen LogP contribution in [0.3, 0.4) is 0 Å². The van der Waals surface area contributed by atoms with Crippen LogP contribution in [0.2, 0.25) is 0 Å². The van der Waals surface area contributed by atoms with Gasteiger partial charge in [0, 0.05) is 38.6 Å². The highest BCUT2D eigenvalue weighted by molar-refractivity contribution is 5.94. The zero-order chi connectivity index (χ0) is 15.2. The van der Waals surface area contributed by atoms with E-state index in [1.54, 1.807) is 0 Å². The fourth-order valence-electron chi connectivity index (χ4n) is 2.42. The van der Waals surface area contributed by atoms with Gasteiger partial charge in [0.1, 0.15) is 6.10 Å². The maximum atomic E-state index is 12.3. The standard InChI is InChI=1S/C16H24N2O3/c1-4-21-15-11-20-10-9-14(15)17-16(19)12-5-7-13(8-6-12)18(2)3/h5-8,14-15H,4,9-11H2,1-3H3,(H,17,19)/t14-,15-/m1/s1. The fourth-order valence-corrected chi connectivity index (χ4v) is 2.42. The summed E-state index contributed by atoms with van der Waals surface area (Å²) in [5.41, 5.74) is 1.74. The molecule has 1 N–H and O–H groups in total. The number of amides is 1. The first-order valence-corrected chi connectivity index (χ1v) is 7.39. The van der Waals surface area contributed by atoms with Gasteiger partial charge in [-0.2, -0.15) is 0 Å². The molecule has 0 saturated carbocycles. The number of anilines is 1. The van der Waals surface area contributed by atoms with Crippen LogP contribution < -0.4 is 10.2 Å². The molecule has 1 aliphatic heterocycles. The van der Waals surface area contributed by atoms with E-state index in [0.717, 1.165) is 12.1 Å². The molecule has 1 fully saturated rings. The Bertz CT molecular complexity index is 457. The minimum Gasteiger partial charge on any atom is -0.379 e. The van der Waals surface area contributed by atoms with E-state index in [4.69, 9.17) is 9.47 Å². The largest absolute Gasteiger partial charge is 0.379 e. The average Bonchev–Trinajstić information content (AvgIpc) is 2.49. The van der Waals surface area contributed by atoms with Gasteiger partial charge < -0.3 is 19.7 Å². The molecule has 1 aliphatic rings. The van der Waals surface area contributed by atoms with Crippen molar-refractivity contribution in [3.63, 3.8) is 0 Å². The predicted molar refractivity (Wildman–Crippen MR) is 82.9 cm³/mol. The molecule has 5 heteroatoms. The average molecular weight is 292 g/mol. The van der Waals surface area contributed by atoms with Crippen molar-refractivity contribution in [1.29, 1.82) is 0 Å². The third kappa shape index (κ3) is 4.19. The van der Waals surface area contributed by atoms with E-state index in [9.17, 15) is 4.79 Å². The number of hydrogen-bond donors (Lipinski definition) is 1. The third-order valence-electron chi connectivity index (χ3n) is 3.65. The number of nitrogens with one attached hydrogen (secondary N) is 1. The van der Waals surface area contributed by atoms with Crippen molar-refractivity contribution in [2.24, 2.45) is 0 Å². The molecule has 1 saturated heterocycles. The number of nitrogens with zero attached hydrogens (tertiary/aromatic N) is 1. The molecule has 2 rings (SSSR count). The molecule has 116 valence electrons. The lowest BCUT2D eigenvalue weighted by Gasteiger charge is -2.31. The Morgan fingerprint density at radius 2 is 2.10 bits per heavy atom. The molecule has 0 bridgehead atoms. The molecule has 2 atom stereocenters. The zero-order valence-electron chi connectivity index (χ0n) is 13.0. The van der Waals surface area contributed by atoms with Crippen LogP contribution in [-0.4, -0.2) is 52.0 Å². The molecule has 0 radical (unpaired) electrons. The van der Waals surface area contributed by atoms with Gasteiger partial charge in [-0.15, -0.1) is 0 Å². The molecule has 0 aliphatic carbocycles. The van der Waals surface area contributed by atoms with Crippen molar-refractivity contribution in [3.8, 4) is 0 Å². The van der Waals surface area contributed by atoms with E-state index in [-0.39, 0.29) is 18.1 Å². The predicted octanol–water partition coefficient (Wildman–Crippen LogP) is 1.68. The van der Waals surface area contributed by atoms with Gasteiger partial charge in [0.25, 0.3) is 5.91 Å². The highest BCUT2D eigenvalue weighted by Gasteiger charge is 2.27. The second-order valence-corrected chi connectivity index (χ2v) is 5.38. The lowest BCUT2D eigenvalue weighted by molar-refractivity contribution is -0.0632. The van der Waals surface area contributed by atoms with Gasteiger partial charge in [-0.3, -0.25) is 4.79 Å². The van der Waals surface area contributed by atoms with Gasteiger partial charge in [-0.1, -0.05) is 0 Å². The summed E-state index contributed by atoms with van der Waals surface area (Å²) < 4.78 is 11.0. The zero-order valence-corrected chi connectivity index (χ0v) is 13.0. The van der Waals surface area contributed by atoms with Crippen LogP contribution in [0.15, 0.2) is 24.3 Å². The van der Waals surface area contributed by atoms with E-state index in [2.05, 4.69) is 5.32 Å². The van der Waals surface area contributed by atoms with E-state index < -0.39 is 0 Å². The topological polar surface area (TPSA) is 50.8 Å². The SMILES string of the molecule is CCO[C@@H]1COCC[C@H]1NC(=O)c1ccc(N(C)C)cc1. The number of benzene rings is 1.